The van der Waals surface area contributed by atoms with Gasteiger partial charge in [0.1, 0.15) is 44.7 Å². The summed E-state index contributed by atoms with van der Waals surface area (Å²) in [6.45, 7) is 0. The van der Waals surface area contributed by atoms with Crippen molar-refractivity contribution in [3.63, 3.8) is 0 Å². The molecule has 0 spiro atoms. The molecule has 20 rings (SSSR count). The summed E-state index contributed by atoms with van der Waals surface area (Å²) < 4.78 is 30.7. The van der Waals surface area contributed by atoms with Gasteiger partial charge in [0.2, 0.25) is 0 Å². The largest absolute Gasteiger partial charge is 0.455 e. The summed E-state index contributed by atoms with van der Waals surface area (Å²) in [6, 6.07) is 0. The fourth-order valence-corrected chi connectivity index (χ4v) is 16.1. The van der Waals surface area contributed by atoms with Gasteiger partial charge >= 0.3 is 0 Å². The standard InChI is InChI=1S/C48H40O4/c1-2-18-4-3-17(1)25-26(18)42-34-33-35-37-39-40-38-36(34)44(50-42)29-21-9-11-22(12-10-21)30(29)46(38)52-48(40)32-24-15-13-23(14-16-24)31(32)47(39)51-45(37)28-20-7-5-19(6-8-20)27(28)43(35)49-41(25)33/h17-24H,1-16H2. The van der Waals surface area contributed by atoms with Crippen molar-refractivity contribution in [2.24, 2.45) is 0 Å². The van der Waals surface area contributed by atoms with Crippen LogP contribution in [0.4, 0.5) is 0 Å². The van der Waals surface area contributed by atoms with Crippen LogP contribution in [0.25, 0.3) is 87.8 Å². The Morgan fingerprint density at radius 2 is 0.308 bits per heavy atom. The van der Waals surface area contributed by atoms with Gasteiger partial charge in [0.15, 0.2) is 0 Å². The number of fused-ring (bicyclic) bond motifs is 24. The molecule has 12 aliphatic rings. The maximum Gasteiger partial charge on any atom is 0.140 e. The van der Waals surface area contributed by atoms with Gasteiger partial charge in [0.05, 0.1) is 0 Å². The predicted octanol–water partition coefficient (Wildman–Crippen LogP) is 14.6. The van der Waals surface area contributed by atoms with Crippen LogP contribution in [0, 0.1) is 0 Å². The van der Waals surface area contributed by atoms with Crippen LogP contribution in [-0.2, 0) is 0 Å². The van der Waals surface area contributed by atoms with E-state index in [0.29, 0.717) is 47.3 Å². The third-order valence-electron chi connectivity index (χ3n) is 17.9. The van der Waals surface area contributed by atoms with Crippen LogP contribution in [0.1, 0.15) is 195 Å². The van der Waals surface area contributed by atoms with E-state index in [2.05, 4.69) is 0 Å². The Bertz CT molecular complexity index is 2460. The van der Waals surface area contributed by atoms with Crippen LogP contribution in [-0.4, -0.2) is 0 Å². The molecule has 4 fully saturated rings. The van der Waals surface area contributed by atoms with Crippen LogP contribution in [0.3, 0.4) is 0 Å². The summed E-state index contributed by atoms with van der Waals surface area (Å²) >= 11 is 0. The molecule has 0 radical (unpaired) electrons. The molecule has 4 heterocycles. The van der Waals surface area contributed by atoms with Gasteiger partial charge < -0.3 is 17.7 Å². The van der Waals surface area contributed by atoms with E-state index in [1.165, 1.54) is 235 Å². The summed E-state index contributed by atoms with van der Waals surface area (Å²) in [5.74, 6) is 4.53. The van der Waals surface area contributed by atoms with E-state index in [9.17, 15) is 0 Å². The van der Waals surface area contributed by atoms with Crippen molar-refractivity contribution in [2.75, 3.05) is 0 Å². The first-order valence-corrected chi connectivity index (χ1v) is 21.5. The average molecular weight is 681 g/mol. The summed E-state index contributed by atoms with van der Waals surface area (Å²) in [6.07, 6.45) is 20.6. The zero-order valence-electron chi connectivity index (χ0n) is 29.6. The quantitative estimate of drug-likeness (QED) is 0.160. The van der Waals surface area contributed by atoms with Gasteiger partial charge in [-0.15, -0.1) is 0 Å². The molecule has 8 bridgehead atoms. The smallest absolute Gasteiger partial charge is 0.140 e. The summed E-state index contributed by atoms with van der Waals surface area (Å²) in [4.78, 5) is 0. The lowest BCUT2D eigenvalue weighted by Gasteiger charge is -2.38. The van der Waals surface area contributed by atoms with E-state index < -0.39 is 0 Å². The first-order valence-electron chi connectivity index (χ1n) is 21.5. The van der Waals surface area contributed by atoms with E-state index in [-0.39, 0.29) is 0 Å². The number of furan rings is 4. The van der Waals surface area contributed by atoms with Crippen molar-refractivity contribution in [1.29, 1.82) is 0 Å². The second kappa shape index (κ2) is 7.96. The molecule has 0 aliphatic heterocycles. The van der Waals surface area contributed by atoms with E-state index >= 15 is 0 Å². The van der Waals surface area contributed by atoms with E-state index in [1.807, 2.05) is 0 Å². The lowest BCUT2D eigenvalue weighted by atomic mass is 9.64. The zero-order chi connectivity index (χ0) is 32.6. The fourth-order valence-electron chi connectivity index (χ4n) is 16.1. The van der Waals surface area contributed by atoms with Gasteiger partial charge in [-0.05, 0) is 150 Å². The Morgan fingerprint density at radius 3 is 0.423 bits per heavy atom. The average Bonchev–Trinajstić information content (AvgIpc) is 3.99. The molecule has 4 heteroatoms. The minimum absolute atomic E-state index is 0.566. The summed E-state index contributed by atoms with van der Waals surface area (Å²) in [5.41, 5.74) is 21.9. The summed E-state index contributed by atoms with van der Waals surface area (Å²) in [5, 5.41) is 11.0. The molecule has 256 valence electrons. The molecule has 0 amide bonds. The molecule has 0 atom stereocenters. The van der Waals surface area contributed by atoms with Gasteiger partial charge in [-0.25, -0.2) is 0 Å². The highest BCUT2D eigenvalue weighted by Crippen LogP contribution is 2.67. The Morgan fingerprint density at radius 1 is 0.192 bits per heavy atom. The van der Waals surface area contributed by atoms with Gasteiger partial charge in [-0.2, -0.15) is 0 Å². The maximum atomic E-state index is 7.68. The minimum Gasteiger partial charge on any atom is -0.455 e. The molecule has 0 saturated heterocycles. The molecule has 8 aromatic rings. The Labute approximate surface area is 299 Å². The first-order chi connectivity index (χ1) is 25.8. The summed E-state index contributed by atoms with van der Waals surface area (Å²) in [7, 11) is 0. The minimum atomic E-state index is 0.566. The lowest BCUT2D eigenvalue weighted by molar-refractivity contribution is 0.351. The second-order valence-corrected chi connectivity index (χ2v) is 19.5. The van der Waals surface area contributed by atoms with Crippen LogP contribution < -0.4 is 0 Å². The Kier molecular flexibility index (Phi) is 3.97. The molecule has 12 aliphatic carbocycles. The second-order valence-electron chi connectivity index (χ2n) is 19.5. The van der Waals surface area contributed by atoms with E-state index in [0.717, 1.165) is 0 Å². The molecule has 52 heavy (non-hydrogen) atoms. The molecule has 4 aromatic carbocycles. The van der Waals surface area contributed by atoms with Crippen LogP contribution in [0.2, 0.25) is 0 Å². The van der Waals surface area contributed by atoms with E-state index in [1.54, 1.807) is 0 Å². The Hall–Kier alpha value is -3.92. The predicted molar refractivity (Wildman–Crippen MR) is 205 cm³/mol. The van der Waals surface area contributed by atoms with Crippen LogP contribution in [0.5, 0.6) is 0 Å². The lowest BCUT2D eigenvalue weighted by Crippen LogP contribution is -2.22. The molecular weight excluding hydrogens is 641 g/mol. The highest BCUT2D eigenvalue weighted by molar-refractivity contribution is 6.45. The molecule has 0 unspecified atom stereocenters. The molecule has 4 saturated carbocycles. The fraction of sp³-hybridized carbons (Fsp3) is 0.500. The van der Waals surface area contributed by atoms with Gasteiger partial charge in [0, 0.05) is 87.6 Å². The third-order valence-corrected chi connectivity index (χ3v) is 17.9. The molecule has 4 aromatic heterocycles. The van der Waals surface area contributed by atoms with Crippen molar-refractivity contribution < 1.29 is 17.7 Å². The maximum absolute atomic E-state index is 7.68. The monoisotopic (exact) mass is 680 g/mol. The molecule has 0 N–H and O–H groups in total. The van der Waals surface area contributed by atoms with E-state index in [4.69, 9.17) is 17.7 Å². The normalized spacial score (nSPS) is 32.9. The SMILES string of the molecule is C1CC2CCC1c1c2c2oc3c4c(c5oc6c7c(c8oc9c%10c(c%11oc1c1c%11c9c8c6c5c3c21)C1CCC%10CC1)C1CCC7CC1)C1CCC4CC1. The van der Waals surface area contributed by atoms with Crippen LogP contribution in [0.15, 0.2) is 17.7 Å². The highest BCUT2D eigenvalue weighted by atomic mass is 16.4. The number of rotatable bonds is 0. The highest BCUT2D eigenvalue weighted by Gasteiger charge is 2.48. The van der Waals surface area contributed by atoms with Crippen molar-refractivity contribution >= 4 is 87.8 Å². The van der Waals surface area contributed by atoms with Crippen LogP contribution >= 0.6 is 0 Å². The zero-order valence-corrected chi connectivity index (χ0v) is 29.6. The first kappa shape index (κ1) is 26.0. The molecular formula is C48H40O4. The van der Waals surface area contributed by atoms with Gasteiger partial charge in [-0.1, -0.05) is 0 Å². The molecule has 4 nitrogen and oxygen atoms in total. The van der Waals surface area contributed by atoms with Crippen molar-refractivity contribution in [3.05, 3.63) is 44.5 Å². The van der Waals surface area contributed by atoms with Gasteiger partial charge in [0.25, 0.3) is 0 Å². The number of hydrogen-bond donors (Lipinski definition) is 0. The van der Waals surface area contributed by atoms with Crippen molar-refractivity contribution in [3.8, 4) is 0 Å². The number of hydrogen-bond acceptors (Lipinski definition) is 4. The van der Waals surface area contributed by atoms with Crippen molar-refractivity contribution in [2.45, 2.75) is 150 Å². The van der Waals surface area contributed by atoms with Gasteiger partial charge in [-0.3, -0.25) is 0 Å². The number of benzene rings is 4. The Balaban J connectivity index is 1.26. The topological polar surface area (TPSA) is 52.6 Å². The van der Waals surface area contributed by atoms with Crippen molar-refractivity contribution in [1.82, 2.24) is 0 Å². The third kappa shape index (κ3) is 2.44.